The molecular formula is C15H28N2O. The molecule has 1 saturated carbocycles. The fraction of sp³-hybridized carbons (Fsp3) is 0.933. The van der Waals surface area contributed by atoms with Crippen LogP contribution in [0.1, 0.15) is 51.9 Å². The molecule has 1 aliphatic carbocycles. The zero-order valence-corrected chi connectivity index (χ0v) is 11.7. The number of amides is 1. The van der Waals surface area contributed by atoms with Gasteiger partial charge in [-0.05, 0) is 63.3 Å². The molecule has 2 rings (SSSR count). The second-order valence-electron chi connectivity index (χ2n) is 6.30. The fourth-order valence-electron chi connectivity index (χ4n) is 3.44. The summed E-state index contributed by atoms with van der Waals surface area (Å²) in [7, 11) is 0. The lowest BCUT2D eigenvalue weighted by molar-refractivity contribution is -0.138. The van der Waals surface area contributed by atoms with E-state index in [4.69, 9.17) is 5.73 Å². The summed E-state index contributed by atoms with van der Waals surface area (Å²) >= 11 is 0. The smallest absolute Gasteiger partial charge is 0.225 e. The van der Waals surface area contributed by atoms with Crippen LogP contribution in [0.2, 0.25) is 0 Å². The predicted molar refractivity (Wildman–Crippen MR) is 74.1 cm³/mol. The Morgan fingerprint density at radius 2 is 1.72 bits per heavy atom. The minimum Gasteiger partial charge on any atom is -0.342 e. The third kappa shape index (κ3) is 3.47. The van der Waals surface area contributed by atoms with Crippen molar-refractivity contribution in [3.8, 4) is 0 Å². The van der Waals surface area contributed by atoms with E-state index >= 15 is 0 Å². The second-order valence-corrected chi connectivity index (χ2v) is 6.30. The highest BCUT2D eigenvalue weighted by atomic mass is 16.2. The van der Waals surface area contributed by atoms with Gasteiger partial charge >= 0.3 is 0 Å². The molecule has 1 saturated heterocycles. The fourth-order valence-corrected chi connectivity index (χ4v) is 3.44. The number of hydrogen-bond donors (Lipinski definition) is 1. The van der Waals surface area contributed by atoms with Gasteiger partial charge in [-0.15, -0.1) is 0 Å². The first-order chi connectivity index (χ1) is 8.70. The largest absolute Gasteiger partial charge is 0.342 e. The van der Waals surface area contributed by atoms with Crippen LogP contribution >= 0.6 is 0 Å². The molecule has 0 unspecified atom stereocenters. The van der Waals surface area contributed by atoms with E-state index in [9.17, 15) is 4.79 Å². The Morgan fingerprint density at radius 3 is 2.28 bits per heavy atom. The van der Waals surface area contributed by atoms with Gasteiger partial charge in [-0.25, -0.2) is 0 Å². The summed E-state index contributed by atoms with van der Waals surface area (Å²) in [5, 5.41) is 0. The number of piperidine rings is 1. The van der Waals surface area contributed by atoms with Gasteiger partial charge in [0.15, 0.2) is 0 Å². The third-order valence-electron chi connectivity index (χ3n) is 4.87. The summed E-state index contributed by atoms with van der Waals surface area (Å²) in [6, 6.07) is 0. The van der Waals surface area contributed by atoms with Crippen molar-refractivity contribution in [3.05, 3.63) is 0 Å². The Morgan fingerprint density at radius 1 is 1.11 bits per heavy atom. The Balaban J connectivity index is 1.77. The number of carbonyl (C=O) groups is 1. The first kappa shape index (κ1) is 13.9. The third-order valence-corrected chi connectivity index (χ3v) is 4.87. The van der Waals surface area contributed by atoms with Crippen LogP contribution in [-0.2, 0) is 4.79 Å². The summed E-state index contributed by atoms with van der Waals surface area (Å²) in [5.41, 5.74) is 5.60. The average Bonchev–Trinajstić information content (AvgIpc) is 2.40. The summed E-state index contributed by atoms with van der Waals surface area (Å²) in [6.45, 7) is 5.03. The molecule has 0 radical (unpaired) electrons. The van der Waals surface area contributed by atoms with Gasteiger partial charge in [0.2, 0.25) is 5.91 Å². The first-order valence-corrected chi connectivity index (χ1v) is 7.69. The van der Waals surface area contributed by atoms with Crippen molar-refractivity contribution in [2.75, 3.05) is 19.6 Å². The molecule has 2 aliphatic rings. The molecule has 18 heavy (non-hydrogen) atoms. The van der Waals surface area contributed by atoms with Crippen molar-refractivity contribution in [1.29, 1.82) is 0 Å². The van der Waals surface area contributed by atoms with Crippen LogP contribution in [0.15, 0.2) is 0 Å². The van der Waals surface area contributed by atoms with Crippen LogP contribution < -0.4 is 5.73 Å². The molecule has 104 valence electrons. The second kappa shape index (κ2) is 6.55. The molecule has 3 heteroatoms. The van der Waals surface area contributed by atoms with E-state index in [1.807, 2.05) is 0 Å². The van der Waals surface area contributed by atoms with Gasteiger partial charge in [-0.3, -0.25) is 4.79 Å². The zero-order chi connectivity index (χ0) is 13.0. The van der Waals surface area contributed by atoms with Gasteiger partial charge in [-0.1, -0.05) is 6.92 Å². The predicted octanol–water partition coefficient (Wildman–Crippen LogP) is 2.40. The van der Waals surface area contributed by atoms with E-state index in [1.54, 1.807) is 0 Å². The Labute approximate surface area is 111 Å². The van der Waals surface area contributed by atoms with E-state index in [-0.39, 0.29) is 0 Å². The van der Waals surface area contributed by atoms with Crippen LogP contribution in [0.4, 0.5) is 0 Å². The summed E-state index contributed by atoms with van der Waals surface area (Å²) < 4.78 is 0. The number of nitrogens with two attached hydrogens (primary N) is 1. The molecule has 0 bridgehead atoms. The van der Waals surface area contributed by atoms with Crippen LogP contribution in [-0.4, -0.2) is 30.4 Å². The molecule has 1 heterocycles. The molecule has 0 aromatic heterocycles. The topological polar surface area (TPSA) is 46.3 Å². The Kier molecular flexibility index (Phi) is 5.04. The molecule has 2 fully saturated rings. The Bertz CT molecular complexity index is 264. The van der Waals surface area contributed by atoms with Crippen molar-refractivity contribution >= 4 is 5.91 Å². The first-order valence-electron chi connectivity index (χ1n) is 7.69. The van der Waals surface area contributed by atoms with Crippen molar-refractivity contribution in [2.45, 2.75) is 51.9 Å². The van der Waals surface area contributed by atoms with Crippen LogP contribution in [0, 0.1) is 17.8 Å². The van der Waals surface area contributed by atoms with Crippen LogP contribution in [0.25, 0.3) is 0 Å². The standard InChI is InChI=1S/C15H28N2O/c1-12-2-4-14(5-3-12)15(18)17-10-7-13(6-9-16)8-11-17/h12-14H,2-11,16H2,1H3. The molecule has 3 nitrogen and oxygen atoms in total. The van der Waals surface area contributed by atoms with Crippen LogP contribution in [0.5, 0.6) is 0 Å². The van der Waals surface area contributed by atoms with E-state index in [0.29, 0.717) is 11.8 Å². The number of rotatable bonds is 3. The highest BCUT2D eigenvalue weighted by molar-refractivity contribution is 5.79. The van der Waals surface area contributed by atoms with Gasteiger partial charge in [0.05, 0.1) is 0 Å². The molecule has 0 spiro atoms. The number of carbonyl (C=O) groups excluding carboxylic acids is 1. The normalized spacial score (nSPS) is 30.4. The highest BCUT2D eigenvalue weighted by Gasteiger charge is 2.30. The van der Waals surface area contributed by atoms with Crippen LogP contribution in [0.3, 0.4) is 0 Å². The molecule has 0 atom stereocenters. The molecule has 1 amide bonds. The summed E-state index contributed by atoms with van der Waals surface area (Å²) in [4.78, 5) is 14.5. The maximum Gasteiger partial charge on any atom is 0.225 e. The lowest BCUT2D eigenvalue weighted by Gasteiger charge is -2.36. The quantitative estimate of drug-likeness (QED) is 0.838. The number of likely N-dealkylation sites (tertiary alicyclic amines) is 1. The number of hydrogen-bond acceptors (Lipinski definition) is 2. The maximum absolute atomic E-state index is 12.4. The van der Waals surface area contributed by atoms with Gasteiger partial charge in [0, 0.05) is 19.0 Å². The van der Waals surface area contributed by atoms with Gasteiger partial charge < -0.3 is 10.6 Å². The Hall–Kier alpha value is -0.570. The van der Waals surface area contributed by atoms with Crippen molar-refractivity contribution < 1.29 is 4.79 Å². The van der Waals surface area contributed by atoms with Crippen molar-refractivity contribution in [3.63, 3.8) is 0 Å². The van der Waals surface area contributed by atoms with Gasteiger partial charge in [-0.2, -0.15) is 0 Å². The molecule has 2 N–H and O–H groups in total. The van der Waals surface area contributed by atoms with E-state index < -0.39 is 0 Å². The van der Waals surface area contributed by atoms with Crippen molar-refractivity contribution in [1.82, 2.24) is 4.90 Å². The lowest BCUT2D eigenvalue weighted by atomic mass is 9.82. The highest BCUT2D eigenvalue weighted by Crippen LogP contribution is 2.31. The number of nitrogens with zero attached hydrogens (tertiary/aromatic N) is 1. The SMILES string of the molecule is CC1CCC(C(=O)N2CCC(CCN)CC2)CC1. The molecule has 0 aromatic carbocycles. The summed E-state index contributed by atoms with van der Waals surface area (Å²) in [5.74, 6) is 2.34. The molecule has 0 aromatic rings. The average molecular weight is 252 g/mol. The maximum atomic E-state index is 12.4. The van der Waals surface area contributed by atoms with E-state index in [2.05, 4.69) is 11.8 Å². The minimum absolute atomic E-state index is 0.326. The molecule has 1 aliphatic heterocycles. The van der Waals surface area contributed by atoms with E-state index in [1.165, 1.54) is 12.8 Å². The van der Waals surface area contributed by atoms with E-state index in [0.717, 1.165) is 63.6 Å². The van der Waals surface area contributed by atoms with Crippen molar-refractivity contribution in [2.24, 2.45) is 23.5 Å². The summed E-state index contributed by atoms with van der Waals surface area (Å²) in [6.07, 6.45) is 8.15. The monoisotopic (exact) mass is 252 g/mol. The van der Waals surface area contributed by atoms with Gasteiger partial charge in [0.25, 0.3) is 0 Å². The van der Waals surface area contributed by atoms with Gasteiger partial charge in [0.1, 0.15) is 0 Å². The molecular weight excluding hydrogens is 224 g/mol. The zero-order valence-electron chi connectivity index (χ0n) is 11.7. The minimum atomic E-state index is 0.326. The lowest BCUT2D eigenvalue weighted by Crippen LogP contribution is -2.42.